The Morgan fingerprint density at radius 2 is 1.76 bits per heavy atom. The van der Waals surface area contributed by atoms with Crippen LogP contribution in [0.5, 0.6) is 0 Å². The maximum atomic E-state index is 13.6. The second kappa shape index (κ2) is 6.03. The predicted octanol–water partition coefficient (Wildman–Crippen LogP) is 3.04. The minimum absolute atomic E-state index is 0.0331. The average Bonchev–Trinajstić information content (AvgIpc) is 2.96. The van der Waals surface area contributed by atoms with Crippen molar-refractivity contribution >= 4 is 30.5 Å². The molecule has 4 N–H and O–H groups in total. The van der Waals surface area contributed by atoms with E-state index in [1.54, 1.807) is 24.3 Å². The number of anilines is 1. The van der Waals surface area contributed by atoms with Crippen LogP contribution in [0.2, 0.25) is 0 Å². The zero-order valence-corrected chi connectivity index (χ0v) is 13.4. The van der Waals surface area contributed by atoms with Crippen molar-refractivity contribution in [3.8, 4) is 0 Å². The Kier molecular flexibility index (Phi) is 4.16. The quantitative estimate of drug-likeness (QED) is 0.529. The van der Waals surface area contributed by atoms with Crippen LogP contribution in [0.15, 0.2) is 48.5 Å². The number of fused-ring (bicyclic) bond motifs is 1. The number of hydrogen-bond donors (Lipinski definition) is 4. The summed E-state index contributed by atoms with van der Waals surface area (Å²) in [5.41, 5.74) is -3.79. The number of para-hydroxylation sites is 2. The number of alkyl halides is 2. The molecule has 0 fully saturated rings. The molecule has 3 rings (SSSR count). The van der Waals surface area contributed by atoms with E-state index in [0.717, 1.165) is 29.8 Å². The van der Waals surface area contributed by atoms with Crippen LogP contribution < -0.4 is 5.32 Å². The van der Waals surface area contributed by atoms with Gasteiger partial charge in [-0.1, -0.05) is 24.3 Å². The number of aromatic amines is 1. The number of H-pyrrole nitrogens is 1. The number of halogens is 2. The van der Waals surface area contributed by atoms with Gasteiger partial charge in [-0.05, 0) is 24.3 Å². The lowest BCUT2D eigenvalue weighted by atomic mass is 10.1. The lowest BCUT2D eigenvalue weighted by Gasteiger charge is -2.17. The molecule has 0 saturated heterocycles. The van der Waals surface area contributed by atoms with Gasteiger partial charge in [0.25, 0.3) is 5.91 Å². The lowest BCUT2D eigenvalue weighted by Crippen LogP contribution is -2.16. The van der Waals surface area contributed by atoms with E-state index in [4.69, 9.17) is 9.79 Å². The second-order valence-electron chi connectivity index (χ2n) is 5.22. The maximum absolute atomic E-state index is 13.6. The molecule has 0 atom stereocenters. The summed E-state index contributed by atoms with van der Waals surface area (Å²) in [6.45, 7) is 0. The third kappa shape index (κ3) is 3.30. The minimum Gasteiger partial charge on any atom is -0.324 e. The van der Waals surface area contributed by atoms with Crippen LogP contribution in [0.1, 0.15) is 15.9 Å². The smallest absolute Gasteiger partial charge is 0.324 e. The van der Waals surface area contributed by atoms with Crippen molar-refractivity contribution in [1.82, 2.24) is 9.97 Å². The monoisotopic (exact) mass is 367 g/mol. The number of aromatic nitrogens is 2. The summed E-state index contributed by atoms with van der Waals surface area (Å²) in [4.78, 5) is 36.6. The summed E-state index contributed by atoms with van der Waals surface area (Å²) in [6.07, 6.45) is 0. The van der Waals surface area contributed by atoms with Gasteiger partial charge in [-0.3, -0.25) is 14.7 Å². The van der Waals surface area contributed by atoms with Gasteiger partial charge >= 0.3 is 13.3 Å². The van der Waals surface area contributed by atoms with Crippen molar-refractivity contribution in [2.75, 3.05) is 5.32 Å². The number of nitrogens with one attached hydrogen (secondary N) is 2. The van der Waals surface area contributed by atoms with Gasteiger partial charge in [0.2, 0.25) is 5.95 Å². The molecule has 0 bridgehead atoms. The number of imidazole rings is 1. The molecule has 0 aliphatic carbocycles. The Labute approximate surface area is 139 Å². The molecular formula is C15H12F2N3O4P. The summed E-state index contributed by atoms with van der Waals surface area (Å²) in [6, 6.07) is 10.8. The summed E-state index contributed by atoms with van der Waals surface area (Å²) >= 11 is 0. The van der Waals surface area contributed by atoms with Crippen molar-refractivity contribution < 1.29 is 27.9 Å². The molecule has 1 amide bonds. The number of amides is 1. The van der Waals surface area contributed by atoms with E-state index in [1.165, 1.54) is 0 Å². The topological polar surface area (TPSA) is 115 Å². The SMILES string of the molecule is O=C(Nc1nc2ccccc2[nH]1)c1ccc(C(F)(F)P(=O)(O)O)cc1. The fourth-order valence-corrected chi connectivity index (χ4v) is 2.67. The molecule has 25 heavy (non-hydrogen) atoms. The zero-order chi connectivity index (χ0) is 18.2. The van der Waals surface area contributed by atoms with Gasteiger partial charge in [0.15, 0.2) is 0 Å². The first-order chi connectivity index (χ1) is 11.7. The van der Waals surface area contributed by atoms with Crippen LogP contribution >= 0.6 is 7.60 Å². The fraction of sp³-hybridized carbons (Fsp3) is 0.0667. The van der Waals surface area contributed by atoms with Crippen LogP contribution in [0.25, 0.3) is 11.0 Å². The van der Waals surface area contributed by atoms with E-state index in [2.05, 4.69) is 15.3 Å². The van der Waals surface area contributed by atoms with Gasteiger partial charge in [-0.2, -0.15) is 8.78 Å². The van der Waals surface area contributed by atoms with Gasteiger partial charge in [0, 0.05) is 11.1 Å². The molecule has 130 valence electrons. The molecule has 0 saturated carbocycles. The standard InChI is InChI=1S/C15H12F2N3O4P/c16-15(17,25(22,23)24)10-7-5-9(6-8-10)13(21)20-14-18-11-3-1-2-4-12(11)19-14/h1-8H,(H2,22,23,24)(H2,18,19,20,21). The van der Waals surface area contributed by atoms with Crippen molar-refractivity contribution in [1.29, 1.82) is 0 Å². The van der Waals surface area contributed by atoms with Gasteiger partial charge < -0.3 is 14.8 Å². The van der Waals surface area contributed by atoms with E-state index in [9.17, 15) is 18.1 Å². The van der Waals surface area contributed by atoms with Crippen LogP contribution in [0.4, 0.5) is 14.7 Å². The summed E-state index contributed by atoms with van der Waals surface area (Å²) in [5, 5.41) is 2.49. The Morgan fingerprint density at radius 3 is 2.36 bits per heavy atom. The normalized spacial score (nSPS) is 12.3. The van der Waals surface area contributed by atoms with Crippen LogP contribution in [0, 0.1) is 0 Å². The van der Waals surface area contributed by atoms with E-state index >= 15 is 0 Å². The molecule has 2 aromatic carbocycles. The molecule has 0 spiro atoms. The largest absolute Gasteiger partial charge is 0.399 e. The Morgan fingerprint density at radius 1 is 1.12 bits per heavy atom. The first-order valence-corrected chi connectivity index (χ1v) is 8.60. The number of hydrogen-bond acceptors (Lipinski definition) is 3. The fourth-order valence-electron chi connectivity index (χ4n) is 2.18. The highest BCUT2D eigenvalue weighted by atomic mass is 31.2. The second-order valence-corrected chi connectivity index (χ2v) is 6.87. The van der Waals surface area contributed by atoms with E-state index < -0.39 is 24.7 Å². The maximum Gasteiger partial charge on any atom is 0.399 e. The van der Waals surface area contributed by atoms with Gasteiger partial charge in [0.05, 0.1) is 11.0 Å². The van der Waals surface area contributed by atoms with Gasteiger partial charge in [0.1, 0.15) is 0 Å². The average molecular weight is 367 g/mol. The first-order valence-electron chi connectivity index (χ1n) is 6.98. The van der Waals surface area contributed by atoms with E-state index in [-0.39, 0.29) is 11.5 Å². The Bertz CT molecular complexity index is 949. The molecule has 0 aliphatic rings. The van der Waals surface area contributed by atoms with Crippen LogP contribution in [-0.4, -0.2) is 25.7 Å². The molecule has 1 aromatic heterocycles. The third-order valence-corrected chi connectivity index (χ3v) is 4.47. The summed E-state index contributed by atoms with van der Waals surface area (Å²) in [7, 11) is -5.65. The molecule has 3 aromatic rings. The number of benzene rings is 2. The highest BCUT2D eigenvalue weighted by Crippen LogP contribution is 2.59. The molecule has 10 heteroatoms. The highest BCUT2D eigenvalue weighted by molar-refractivity contribution is 7.52. The zero-order valence-electron chi connectivity index (χ0n) is 12.5. The Hall–Kier alpha value is -2.61. The predicted molar refractivity (Wildman–Crippen MR) is 86.4 cm³/mol. The first kappa shape index (κ1) is 17.2. The van der Waals surface area contributed by atoms with Crippen LogP contribution in [-0.2, 0) is 10.2 Å². The molecular weight excluding hydrogens is 355 g/mol. The molecule has 0 radical (unpaired) electrons. The van der Waals surface area contributed by atoms with Crippen molar-refractivity contribution in [2.45, 2.75) is 5.66 Å². The molecule has 7 nitrogen and oxygen atoms in total. The van der Waals surface area contributed by atoms with E-state index in [0.29, 0.717) is 5.52 Å². The highest BCUT2D eigenvalue weighted by Gasteiger charge is 2.50. The van der Waals surface area contributed by atoms with Gasteiger partial charge in [-0.25, -0.2) is 4.98 Å². The number of carbonyl (C=O) groups is 1. The van der Waals surface area contributed by atoms with Crippen molar-refractivity contribution in [2.24, 2.45) is 0 Å². The van der Waals surface area contributed by atoms with E-state index in [1.807, 2.05) is 0 Å². The number of rotatable bonds is 4. The van der Waals surface area contributed by atoms with Gasteiger partial charge in [-0.15, -0.1) is 0 Å². The van der Waals surface area contributed by atoms with Crippen LogP contribution in [0.3, 0.4) is 0 Å². The summed E-state index contributed by atoms with van der Waals surface area (Å²) < 4.78 is 38.0. The molecule has 0 aliphatic heterocycles. The molecule has 0 unspecified atom stereocenters. The Balaban J connectivity index is 1.80. The molecule has 1 heterocycles. The lowest BCUT2D eigenvalue weighted by molar-refractivity contribution is 0.0564. The van der Waals surface area contributed by atoms with Crippen molar-refractivity contribution in [3.05, 3.63) is 59.7 Å². The number of carbonyl (C=O) groups excluding carboxylic acids is 1. The van der Waals surface area contributed by atoms with Crippen molar-refractivity contribution in [3.63, 3.8) is 0 Å². The minimum atomic E-state index is -5.65. The third-order valence-electron chi connectivity index (χ3n) is 3.48. The summed E-state index contributed by atoms with van der Waals surface area (Å²) in [5.74, 6) is -0.416. The number of nitrogens with zero attached hydrogens (tertiary/aromatic N) is 1.